The monoisotopic (exact) mass is 787 g/mol. The largest absolute Gasteiger partial charge is 0.477 e. The van der Waals surface area contributed by atoms with Crippen molar-refractivity contribution in [1.29, 1.82) is 0 Å². The Balaban J connectivity index is 4.37. The van der Waals surface area contributed by atoms with Crippen molar-refractivity contribution in [3.8, 4) is 0 Å². The Morgan fingerprint density at radius 2 is 1.02 bits per heavy atom. The molecule has 0 aromatic rings. The SMILES string of the molecule is CC/C=C/C=C/C=C/C=C/CCCCCC(=O)OCC(COCCC(C(=O)O)[N+](C)(C)C)OC(=O)CCCCCCCCC/C=C/CCCCCCCCCC. The molecular formula is C48H84NO7+. The summed E-state index contributed by atoms with van der Waals surface area (Å²) in [5, 5.41) is 9.62. The van der Waals surface area contributed by atoms with Crippen LogP contribution in [-0.2, 0) is 28.6 Å². The van der Waals surface area contributed by atoms with E-state index in [0.29, 0.717) is 19.3 Å². The van der Waals surface area contributed by atoms with Crippen LogP contribution < -0.4 is 0 Å². The van der Waals surface area contributed by atoms with Gasteiger partial charge in [0, 0.05) is 19.3 Å². The molecular weight excluding hydrogens is 703 g/mol. The molecule has 2 atom stereocenters. The molecule has 0 spiro atoms. The highest BCUT2D eigenvalue weighted by molar-refractivity contribution is 5.72. The smallest absolute Gasteiger partial charge is 0.362 e. The van der Waals surface area contributed by atoms with E-state index in [0.717, 1.165) is 51.4 Å². The number of carboxylic acids is 1. The summed E-state index contributed by atoms with van der Waals surface area (Å²) in [4.78, 5) is 37.0. The highest BCUT2D eigenvalue weighted by Crippen LogP contribution is 2.14. The van der Waals surface area contributed by atoms with Gasteiger partial charge < -0.3 is 23.8 Å². The van der Waals surface area contributed by atoms with Gasteiger partial charge in [0.25, 0.3) is 0 Å². The molecule has 0 aromatic heterocycles. The molecule has 0 heterocycles. The molecule has 0 amide bonds. The van der Waals surface area contributed by atoms with Crippen molar-refractivity contribution in [2.45, 2.75) is 187 Å². The molecule has 0 saturated heterocycles. The number of ether oxygens (including phenoxy) is 3. The molecule has 8 heteroatoms. The van der Waals surface area contributed by atoms with Gasteiger partial charge in [0.1, 0.15) is 6.61 Å². The topological polar surface area (TPSA) is 99.1 Å². The number of carboxylic acid groups (broad SMARTS) is 1. The lowest BCUT2D eigenvalue weighted by atomic mass is 10.1. The highest BCUT2D eigenvalue weighted by atomic mass is 16.6. The first-order valence-electron chi connectivity index (χ1n) is 22.4. The van der Waals surface area contributed by atoms with Gasteiger partial charge in [-0.2, -0.15) is 0 Å². The van der Waals surface area contributed by atoms with Crippen LogP contribution >= 0.6 is 0 Å². The van der Waals surface area contributed by atoms with E-state index >= 15 is 0 Å². The maximum absolute atomic E-state index is 12.7. The molecule has 8 nitrogen and oxygen atoms in total. The number of carbonyl (C=O) groups is 3. The number of quaternary nitrogens is 1. The molecule has 0 aromatic carbocycles. The Morgan fingerprint density at radius 3 is 1.55 bits per heavy atom. The lowest BCUT2D eigenvalue weighted by Gasteiger charge is -2.31. The fraction of sp³-hybridized carbons (Fsp3) is 0.729. The maximum Gasteiger partial charge on any atom is 0.362 e. The lowest BCUT2D eigenvalue weighted by molar-refractivity contribution is -0.887. The second-order valence-corrected chi connectivity index (χ2v) is 16.0. The predicted molar refractivity (Wildman–Crippen MR) is 234 cm³/mol. The number of unbranched alkanes of at least 4 members (excludes halogenated alkanes) is 18. The number of hydrogen-bond acceptors (Lipinski definition) is 6. The Hall–Kier alpha value is -2.97. The van der Waals surface area contributed by atoms with Gasteiger partial charge in [-0.15, -0.1) is 0 Å². The summed E-state index contributed by atoms with van der Waals surface area (Å²) in [5.74, 6) is -1.53. The molecule has 0 fully saturated rings. The molecule has 0 saturated carbocycles. The number of allylic oxidation sites excluding steroid dienone is 10. The van der Waals surface area contributed by atoms with Crippen molar-refractivity contribution < 1.29 is 38.2 Å². The van der Waals surface area contributed by atoms with Crippen LogP contribution in [0.3, 0.4) is 0 Å². The summed E-state index contributed by atoms with van der Waals surface area (Å²) in [5.41, 5.74) is 0. The molecule has 0 aliphatic heterocycles. The first-order valence-corrected chi connectivity index (χ1v) is 22.4. The van der Waals surface area contributed by atoms with Crippen LogP contribution in [0.25, 0.3) is 0 Å². The average Bonchev–Trinajstić information content (AvgIpc) is 3.15. The number of esters is 2. The van der Waals surface area contributed by atoms with Gasteiger partial charge in [0.15, 0.2) is 12.1 Å². The fourth-order valence-corrected chi connectivity index (χ4v) is 6.27. The van der Waals surface area contributed by atoms with E-state index in [1.165, 1.54) is 89.9 Å². The molecule has 1 N–H and O–H groups in total. The number of aliphatic carboxylic acids is 1. The Morgan fingerprint density at radius 1 is 0.554 bits per heavy atom. The molecule has 0 bridgehead atoms. The third kappa shape index (κ3) is 36.7. The van der Waals surface area contributed by atoms with Gasteiger partial charge >= 0.3 is 17.9 Å². The zero-order valence-electron chi connectivity index (χ0n) is 36.6. The zero-order chi connectivity index (χ0) is 41.4. The minimum Gasteiger partial charge on any atom is -0.477 e. The standard InChI is InChI=1S/C48H83NO7/c1-6-8-10-12-14-16-18-20-21-22-23-24-25-27-29-31-33-35-37-39-47(51)56-44(42-54-41-40-45(48(52)53)49(3,4)5)43-55-46(50)38-36-34-32-30-28-26-19-17-15-13-11-9-7-2/h9,11,13,15,17,19,22-23,26,28,44-45H,6-8,10,12,14,16,18,20-21,24-25,27,29-43H2,1-5H3/p+1/b11-9+,15-13+,19-17+,23-22+,28-26+. The minimum absolute atomic E-state index is 0.0445. The second-order valence-electron chi connectivity index (χ2n) is 16.0. The van der Waals surface area contributed by atoms with Gasteiger partial charge in [-0.1, -0.05) is 158 Å². The summed E-state index contributed by atoms with van der Waals surface area (Å²) in [6.07, 6.45) is 47.0. The van der Waals surface area contributed by atoms with E-state index < -0.39 is 18.1 Å². The van der Waals surface area contributed by atoms with Crippen molar-refractivity contribution >= 4 is 17.9 Å². The summed E-state index contributed by atoms with van der Waals surface area (Å²) in [6, 6.07) is -0.623. The summed E-state index contributed by atoms with van der Waals surface area (Å²) >= 11 is 0. The van der Waals surface area contributed by atoms with Gasteiger partial charge in [0.2, 0.25) is 0 Å². The van der Waals surface area contributed by atoms with Crippen molar-refractivity contribution in [3.63, 3.8) is 0 Å². The number of likely N-dealkylation sites (N-methyl/N-ethyl adjacent to an activating group) is 1. The number of nitrogens with zero attached hydrogens (tertiary/aromatic N) is 1. The van der Waals surface area contributed by atoms with Crippen molar-refractivity contribution in [3.05, 3.63) is 60.8 Å². The van der Waals surface area contributed by atoms with E-state index in [4.69, 9.17) is 14.2 Å². The van der Waals surface area contributed by atoms with Crippen LogP contribution in [0.4, 0.5) is 0 Å². The van der Waals surface area contributed by atoms with Crippen LogP contribution in [0.2, 0.25) is 0 Å². The van der Waals surface area contributed by atoms with E-state index in [2.05, 4.69) is 38.2 Å². The van der Waals surface area contributed by atoms with E-state index in [1.807, 2.05) is 57.6 Å². The molecule has 56 heavy (non-hydrogen) atoms. The van der Waals surface area contributed by atoms with Crippen LogP contribution in [0.5, 0.6) is 0 Å². The number of carbonyl (C=O) groups excluding carboxylic acids is 2. The Kier molecular flexibility index (Phi) is 36.8. The summed E-state index contributed by atoms with van der Waals surface area (Å²) in [7, 11) is 5.51. The third-order valence-corrected chi connectivity index (χ3v) is 9.75. The van der Waals surface area contributed by atoms with Crippen LogP contribution in [0.1, 0.15) is 174 Å². The van der Waals surface area contributed by atoms with Crippen molar-refractivity contribution in [2.24, 2.45) is 0 Å². The molecule has 0 radical (unpaired) electrons. The maximum atomic E-state index is 12.7. The molecule has 0 aliphatic carbocycles. The number of rotatable bonds is 39. The van der Waals surface area contributed by atoms with E-state index in [-0.39, 0.29) is 36.2 Å². The molecule has 0 aliphatic rings. The third-order valence-electron chi connectivity index (χ3n) is 9.75. The van der Waals surface area contributed by atoms with Crippen molar-refractivity contribution in [1.82, 2.24) is 0 Å². The predicted octanol–water partition coefficient (Wildman–Crippen LogP) is 12.2. The van der Waals surface area contributed by atoms with Crippen LogP contribution in [0, 0.1) is 0 Å². The lowest BCUT2D eigenvalue weighted by Crippen LogP contribution is -2.50. The van der Waals surface area contributed by atoms with Gasteiger partial charge in [-0.05, 0) is 57.8 Å². The number of hydrogen-bond donors (Lipinski definition) is 1. The van der Waals surface area contributed by atoms with E-state index in [9.17, 15) is 19.5 Å². The van der Waals surface area contributed by atoms with Gasteiger partial charge in [-0.25, -0.2) is 4.79 Å². The van der Waals surface area contributed by atoms with Crippen molar-refractivity contribution in [2.75, 3.05) is 41.0 Å². The second kappa shape index (κ2) is 38.9. The highest BCUT2D eigenvalue weighted by Gasteiger charge is 2.31. The van der Waals surface area contributed by atoms with Crippen LogP contribution in [0.15, 0.2) is 60.8 Å². The zero-order valence-corrected chi connectivity index (χ0v) is 36.6. The first-order chi connectivity index (χ1) is 27.1. The molecule has 0 rings (SSSR count). The van der Waals surface area contributed by atoms with Gasteiger partial charge in [0.05, 0.1) is 34.4 Å². The Bertz CT molecular complexity index is 1100. The fourth-order valence-electron chi connectivity index (χ4n) is 6.27. The normalized spacial score (nSPS) is 13.5. The average molecular weight is 787 g/mol. The van der Waals surface area contributed by atoms with Gasteiger partial charge in [-0.3, -0.25) is 9.59 Å². The molecule has 322 valence electrons. The Labute approximate surface area is 343 Å². The van der Waals surface area contributed by atoms with E-state index in [1.54, 1.807) is 0 Å². The quantitative estimate of drug-likeness (QED) is 0.0218. The summed E-state index contributed by atoms with van der Waals surface area (Å²) in [6.45, 7) is 4.54. The van der Waals surface area contributed by atoms with Crippen LogP contribution in [-0.4, -0.2) is 80.6 Å². The summed E-state index contributed by atoms with van der Waals surface area (Å²) < 4.78 is 17.2. The minimum atomic E-state index is -0.883. The first kappa shape index (κ1) is 53.0. The molecule has 2 unspecified atom stereocenters.